The molecular weight excluding hydrogens is 290 g/mol. The molecule has 0 bridgehead atoms. The number of hydrogen-bond acceptors (Lipinski definition) is 4. The van der Waals surface area contributed by atoms with Crippen LogP contribution in [0.3, 0.4) is 0 Å². The van der Waals surface area contributed by atoms with E-state index in [-0.39, 0.29) is 11.3 Å². The number of nitrogens with one attached hydrogen (secondary N) is 1. The fraction of sp³-hybridized carbons (Fsp3) is 0.182. The van der Waals surface area contributed by atoms with Crippen LogP contribution in [0, 0.1) is 0 Å². The molecule has 0 spiro atoms. The lowest BCUT2D eigenvalue weighted by molar-refractivity contribution is -0.136. The molecule has 90 valence electrons. The monoisotopic (exact) mass is 299 g/mol. The van der Waals surface area contributed by atoms with Gasteiger partial charge in [0.15, 0.2) is 5.75 Å². The molecule has 0 saturated carbocycles. The predicted octanol–water partition coefficient (Wildman–Crippen LogP) is 1.81. The number of benzene rings is 1. The highest BCUT2D eigenvalue weighted by Gasteiger charge is 2.13. The summed E-state index contributed by atoms with van der Waals surface area (Å²) < 4.78 is 0. The Morgan fingerprint density at radius 1 is 1.35 bits per heavy atom. The molecule has 0 fully saturated rings. The maximum atomic E-state index is 11.2. The molecule has 0 radical (unpaired) electrons. The van der Waals surface area contributed by atoms with Crippen molar-refractivity contribution in [1.82, 2.24) is 4.98 Å². The Morgan fingerprint density at radius 3 is 2.76 bits per heavy atom. The van der Waals surface area contributed by atoms with E-state index in [4.69, 9.17) is 5.26 Å². The molecule has 1 heterocycles. The molecule has 2 aromatic rings. The molecule has 1 aromatic heterocycles. The van der Waals surface area contributed by atoms with Gasteiger partial charge >= 0.3 is 0 Å². The van der Waals surface area contributed by atoms with Crippen molar-refractivity contribution in [3.63, 3.8) is 0 Å². The van der Waals surface area contributed by atoms with Gasteiger partial charge in [0.2, 0.25) is 5.56 Å². The van der Waals surface area contributed by atoms with Crippen LogP contribution in [0.5, 0.6) is 5.75 Å². The average Bonchev–Trinajstić information content (AvgIpc) is 2.36. The normalized spacial score (nSPS) is 12.6. The number of aromatic nitrogens is 1. The number of fused-ring (bicyclic) bond motifs is 1. The molecular formula is C11H10BrNO4. The molecule has 0 aliphatic carbocycles. The topological polar surface area (TPSA) is 82.6 Å². The van der Waals surface area contributed by atoms with E-state index in [1.165, 1.54) is 12.1 Å². The van der Waals surface area contributed by atoms with Crippen LogP contribution < -0.4 is 10.4 Å². The summed E-state index contributed by atoms with van der Waals surface area (Å²) in [6.07, 6.45) is -0.698. The Hall–Kier alpha value is -1.37. The first-order valence-corrected chi connectivity index (χ1v) is 6.01. The number of halogens is 1. The van der Waals surface area contributed by atoms with Crippen LogP contribution in [-0.2, 0) is 0 Å². The second-order valence-electron chi connectivity index (χ2n) is 3.53. The van der Waals surface area contributed by atoms with E-state index in [1.807, 2.05) is 0 Å². The minimum absolute atomic E-state index is 0.142. The third-order valence-electron chi connectivity index (χ3n) is 2.49. The minimum Gasteiger partial charge on any atom is -0.388 e. The van der Waals surface area contributed by atoms with Gasteiger partial charge in [-0.1, -0.05) is 22.0 Å². The van der Waals surface area contributed by atoms with E-state index < -0.39 is 6.10 Å². The van der Waals surface area contributed by atoms with E-state index in [0.717, 1.165) is 0 Å². The molecule has 1 aromatic carbocycles. The van der Waals surface area contributed by atoms with Crippen LogP contribution in [-0.4, -0.2) is 20.7 Å². The number of aromatic amines is 1. The highest BCUT2D eigenvalue weighted by atomic mass is 79.9. The Bertz CT molecular complexity index is 596. The van der Waals surface area contributed by atoms with Gasteiger partial charge in [-0.15, -0.1) is 0 Å². The number of aliphatic hydroxyl groups excluding tert-OH is 1. The molecule has 0 amide bonds. The molecule has 0 unspecified atom stereocenters. The lowest BCUT2D eigenvalue weighted by Gasteiger charge is -2.12. The maximum absolute atomic E-state index is 11.2. The Kier molecular flexibility index (Phi) is 3.46. The second-order valence-corrected chi connectivity index (χ2v) is 4.17. The predicted molar refractivity (Wildman–Crippen MR) is 66.6 cm³/mol. The van der Waals surface area contributed by atoms with E-state index in [0.29, 0.717) is 21.8 Å². The minimum atomic E-state index is -0.698. The van der Waals surface area contributed by atoms with Crippen molar-refractivity contribution in [3.8, 4) is 5.75 Å². The van der Waals surface area contributed by atoms with Crippen LogP contribution in [0.25, 0.3) is 10.9 Å². The summed E-state index contributed by atoms with van der Waals surface area (Å²) in [5.41, 5.74) is 0.702. The van der Waals surface area contributed by atoms with Gasteiger partial charge in [-0.3, -0.25) is 4.79 Å². The van der Waals surface area contributed by atoms with E-state index in [9.17, 15) is 9.90 Å². The fourth-order valence-corrected chi connectivity index (χ4v) is 2.05. The van der Waals surface area contributed by atoms with E-state index in [2.05, 4.69) is 25.8 Å². The number of rotatable bonds is 3. The van der Waals surface area contributed by atoms with Crippen LogP contribution >= 0.6 is 15.9 Å². The number of alkyl halides is 1. The number of aliphatic hydroxyl groups is 1. The lowest BCUT2D eigenvalue weighted by Crippen LogP contribution is -2.07. The average molecular weight is 300 g/mol. The Labute approximate surface area is 105 Å². The molecule has 17 heavy (non-hydrogen) atoms. The Balaban J connectivity index is 2.77. The van der Waals surface area contributed by atoms with Gasteiger partial charge in [0.25, 0.3) is 0 Å². The first-order valence-electron chi connectivity index (χ1n) is 4.88. The molecule has 3 N–H and O–H groups in total. The van der Waals surface area contributed by atoms with E-state index in [1.54, 1.807) is 12.1 Å². The highest BCUT2D eigenvalue weighted by molar-refractivity contribution is 9.09. The number of pyridine rings is 1. The SMILES string of the molecule is O=c1ccc2c([C@H](O)CBr)ccc(OO)c2[nH]1. The van der Waals surface area contributed by atoms with Crippen molar-refractivity contribution < 1.29 is 15.3 Å². The third kappa shape index (κ3) is 2.19. The number of H-pyrrole nitrogens is 1. The van der Waals surface area contributed by atoms with Crippen LogP contribution in [0.15, 0.2) is 29.1 Å². The van der Waals surface area contributed by atoms with Crippen molar-refractivity contribution >= 4 is 26.8 Å². The van der Waals surface area contributed by atoms with E-state index >= 15 is 0 Å². The van der Waals surface area contributed by atoms with Crippen molar-refractivity contribution in [2.24, 2.45) is 0 Å². The zero-order valence-electron chi connectivity index (χ0n) is 8.68. The maximum Gasteiger partial charge on any atom is 0.248 e. The molecule has 0 aliphatic heterocycles. The summed E-state index contributed by atoms with van der Waals surface area (Å²) in [5.74, 6) is 0.142. The summed E-state index contributed by atoms with van der Waals surface area (Å²) in [4.78, 5) is 18.0. The van der Waals surface area contributed by atoms with Gasteiger partial charge in [0, 0.05) is 16.8 Å². The van der Waals surface area contributed by atoms with Crippen molar-refractivity contribution in [2.45, 2.75) is 6.10 Å². The van der Waals surface area contributed by atoms with Gasteiger partial charge in [0.05, 0.1) is 11.6 Å². The van der Waals surface area contributed by atoms with Crippen LogP contribution in [0.2, 0.25) is 0 Å². The quantitative estimate of drug-likeness (QED) is 0.458. The first-order chi connectivity index (χ1) is 8.17. The van der Waals surface area contributed by atoms with Gasteiger partial charge in [-0.25, -0.2) is 5.26 Å². The molecule has 5 nitrogen and oxygen atoms in total. The van der Waals surface area contributed by atoms with Crippen LogP contribution in [0.1, 0.15) is 11.7 Å². The standard InChI is InChI=1S/C11H10BrNO4/c12-5-8(14)6-1-3-9(17-16)11-7(6)2-4-10(15)13-11/h1-4,8,14,16H,5H2,(H,13,15)/t8-/m1/s1. The Morgan fingerprint density at radius 2 is 2.12 bits per heavy atom. The summed E-state index contributed by atoms with van der Waals surface area (Å²) in [6, 6.07) is 6.06. The van der Waals surface area contributed by atoms with Crippen molar-refractivity contribution in [2.75, 3.05) is 5.33 Å². The van der Waals surface area contributed by atoms with Gasteiger partial charge in [-0.2, -0.15) is 0 Å². The van der Waals surface area contributed by atoms with Gasteiger partial charge < -0.3 is 15.0 Å². The molecule has 0 aliphatic rings. The molecule has 1 atom stereocenters. The summed E-state index contributed by atoms with van der Waals surface area (Å²) in [6.45, 7) is 0. The highest BCUT2D eigenvalue weighted by Crippen LogP contribution is 2.29. The molecule has 0 saturated heterocycles. The first kappa shape index (κ1) is 12.1. The molecule has 6 heteroatoms. The zero-order valence-corrected chi connectivity index (χ0v) is 10.3. The van der Waals surface area contributed by atoms with Crippen molar-refractivity contribution in [3.05, 3.63) is 40.2 Å². The van der Waals surface area contributed by atoms with Crippen LogP contribution in [0.4, 0.5) is 0 Å². The largest absolute Gasteiger partial charge is 0.388 e. The molecule has 2 rings (SSSR count). The summed E-state index contributed by atoms with van der Waals surface area (Å²) >= 11 is 3.18. The van der Waals surface area contributed by atoms with Gasteiger partial charge in [0.1, 0.15) is 0 Å². The zero-order chi connectivity index (χ0) is 12.4. The lowest BCUT2D eigenvalue weighted by atomic mass is 10.0. The van der Waals surface area contributed by atoms with Gasteiger partial charge in [-0.05, 0) is 17.7 Å². The number of hydrogen-bond donors (Lipinski definition) is 3. The van der Waals surface area contributed by atoms with Crippen molar-refractivity contribution in [1.29, 1.82) is 0 Å². The second kappa shape index (κ2) is 4.87. The summed E-state index contributed by atoms with van der Waals surface area (Å²) in [5, 5.41) is 19.5. The summed E-state index contributed by atoms with van der Waals surface area (Å²) in [7, 11) is 0. The smallest absolute Gasteiger partial charge is 0.248 e. The third-order valence-corrected chi connectivity index (χ3v) is 3.11. The fourth-order valence-electron chi connectivity index (χ4n) is 1.70.